The van der Waals surface area contributed by atoms with Crippen molar-refractivity contribution in [3.8, 4) is 0 Å². The van der Waals surface area contributed by atoms with Crippen molar-refractivity contribution < 1.29 is 8.78 Å². The number of pyridine rings is 1. The molecule has 2 aliphatic rings. The maximum absolute atomic E-state index is 14.2. The zero-order chi connectivity index (χ0) is 19.2. The van der Waals surface area contributed by atoms with Gasteiger partial charge in [0.25, 0.3) is 0 Å². The third-order valence-corrected chi connectivity index (χ3v) is 5.38. The lowest BCUT2D eigenvalue weighted by molar-refractivity contribution is -0.0287. The van der Waals surface area contributed by atoms with Crippen molar-refractivity contribution in [2.24, 2.45) is 0 Å². The molecule has 0 radical (unpaired) electrons. The van der Waals surface area contributed by atoms with Gasteiger partial charge in [-0.1, -0.05) is 0 Å². The van der Waals surface area contributed by atoms with E-state index in [0.29, 0.717) is 18.5 Å². The van der Waals surface area contributed by atoms with Gasteiger partial charge in [0.2, 0.25) is 0 Å². The second-order valence-electron chi connectivity index (χ2n) is 8.56. The van der Waals surface area contributed by atoms with Gasteiger partial charge in [-0.25, -0.2) is 13.8 Å². The van der Waals surface area contributed by atoms with E-state index in [1.807, 2.05) is 7.05 Å². The Hall–Kier alpha value is -1.53. The number of aryl methyl sites for hydroxylation is 1. The Labute approximate surface area is 155 Å². The molecule has 3 atom stereocenters. The predicted octanol–water partition coefficient (Wildman–Crippen LogP) is 4.03. The van der Waals surface area contributed by atoms with Crippen molar-refractivity contribution in [2.45, 2.75) is 77.8 Å². The number of rotatable bonds is 3. The number of hydrogen-bond acceptors (Lipinski definition) is 4. The highest BCUT2D eigenvalue weighted by molar-refractivity contribution is 5.69. The van der Waals surface area contributed by atoms with Crippen molar-refractivity contribution >= 4 is 5.70 Å². The van der Waals surface area contributed by atoms with Crippen molar-refractivity contribution in [1.29, 1.82) is 0 Å². The zero-order valence-electron chi connectivity index (χ0n) is 16.6. The van der Waals surface area contributed by atoms with Crippen LogP contribution in [0.25, 0.3) is 5.70 Å². The molecule has 1 unspecified atom stereocenters. The molecule has 1 aliphatic heterocycles. The molecule has 1 aromatic rings. The Kier molecular flexibility index (Phi) is 5.10. The van der Waals surface area contributed by atoms with Gasteiger partial charge >= 0.3 is 0 Å². The quantitative estimate of drug-likeness (QED) is 0.878. The van der Waals surface area contributed by atoms with Gasteiger partial charge in [0.15, 0.2) is 0 Å². The van der Waals surface area contributed by atoms with Crippen molar-refractivity contribution in [3.63, 3.8) is 0 Å². The van der Waals surface area contributed by atoms with Crippen LogP contribution in [0.5, 0.6) is 0 Å². The molecule has 0 aromatic carbocycles. The van der Waals surface area contributed by atoms with E-state index in [4.69, 9.17) is 0 Å². The largest absolute Gasteiger partial charge is 0.298 e. The van der Waals surface area contributed by atoms with E-state index in [2.05, 4.69) is 48.0 Å². The summed E-state index contributed by atoms with van der Waals surface area (Å²) >= 11 is 0. The van der Waals surface area contributed by atoms with Gasteiger partial charge in [-0.15, -0.1) is 0 Å². The standard InChI is InChI=1S/C20H30F2N4/c1-12-18(14-9-17(22)13(2)23-11-14)26(20(3,4)5)25(6)19(12)24-16-8-7-15(21)10-16/h9,11,15-16,19,24H,7-8,10H2,1-6H3/t15-,16+,19?/m1/s1. The molecule has 0 spiro atoms. The third kappa shape index (κ3) is 3.49. The normalized spacial score (nSPS) is 27.7. The van der Waals surface area contributed by atoms with Gasteiger partial charge in [-0.3, -0.25) is 15.3 Å². The average molecular weight is 364 g/mol. The Balaban J connectivity index is 1.99. The van der Waals surface area contributed by atoms with Crippen LogP contribution >= 0.6 is 0 Å². The molecule has 1 aromatic heterocycles. The highest BCUT2D eigenvalue weighted by Crippen LogP contribution is 2.39. The number of likely N-dealkylation sites (N-methyl/N-ethyl adjacent to an activating group) is 1. The summed E-state index contributed by atoms with van der Waals surface area (Å²) in [4.78, 5) is 4.21. The number of alkyl halides is 1. The van der Waals surface area contributed by atoms with E-state index >= 15 is 0 Å². The van der Waals surface area contributed by atoms with Crippen molar-refractivity contribution in [1.82, 2.24) is 20.3 Å². The molecule has 26 heavy (non-hydrogen) atoms. The Morgan fingerprint density at radius 3 is 2.46 bits per heavy atom. The molecule has 3 rings (SSSR count). The van der Waals surface area contributed by atoms with Crippen molar-refractivity contribution in [2.75, 3.05) is 7.05 Å². The maximum Gasteiger partial charge on any atom is 0.145 e. The van der Waals surface area contributed by atoms with Gasteiger partial charge in [0.1, 0.15) is 18.2 Å². The Bertz CT molecular complexity index is 710. The molecule has 6 heteroatoms. The molecular formula is C20H30F2N4. The summed E-state index contributed by atoms with van der Waals surface area (Å²) in [6.07, 6.45) is 3.02. The molecule has 1 saturated carbocycles. The van der Waals surface area contributed by atoms with Crippen LogP contribution in [0.2, 0.25) is 0 Å². The fourth-order valence-electron chi connectivity index (χ4n) is 4.18. The summed E-state index contributed by atoms with van der Waals surface area (Å²) in [6, 6.07) is 1.73. The second-order valence-corrected chi connectivity index (χ2v) is 8.56. The highest BCUT2D eigenvalue weighted by Gasteiger charge is 2.42. The third-order valence-electron chi connectivity index (χ3n) is 5.38. The molecule has 1 fully saturated rings. The number of aromatic nitrogens is 1. The smallest absolute Gasteiger partial charge is 0.145 e. The summed E-state index contributed by atoms with van der Waals surface area (Å²) in [5.74, 6) is -0.299. The molecule has 1 N–H and O–H groups in total. The Morgan fingerprint density at radius 1 is 1.23 bits per heavy atom. The minimum Gasteiger partial charge on any atom is -0.298 e. The fourth-order valence-corrected chi connectivity index (χ4v) is 4.18. The van der Waals surface area contributed by atoms with Crippen LogP contribution in [0.4, 0.5) is 8.78 Å². The summed E-state index contributed by atoms with van der Waals surface area (Å²) in [6.45, 7) is 10.1. The van der Waals surface area contributed by atoms with Gasteiger partial charge < -0.3 is 0 Å². The van der Waals surface area contributed by atoms with Crippen LogP contribution < -0.4 is 5.32 Å². The first-order valence-corrected chi connectivity index (χ1v) is 9.36. The molecule has 1 aliphatic carbocycles. The number of halogens is 2. The zero-order valence-corrected chi connectivity index (χ0v) is 16.6. The van der Waals surface area contributed by atoms with Crippen molar-refractivity contribution in [3.05, 3.63) is 34.9 Å². The first-order chi connectivity index (χ1) is 12.1. The SMILES string of the molecule is CC1=C(c2cnc(C)c(F)c2)N(C(C)(C)C)N(C)C1N[C@H]1CC[C@@H](F)C1. The monoisotopic (exact) mass is 364 g/mol. The summed E-state index contributed by atoms with van der Waals surface area (Å²) < 4.78 is 27.8. The van der Waals surface area contributed by atoms with Crippen LogP contribution in [-0.4, -0.2) is 46.0 Å². The molecular weight excluding hydrogens is 334 g/mol. The predicted molar refractivity (Wildman–Crippen MR) is 100 cm³/mol. The summed E-state index contributed by atoms with van der Waals surface area (Å²) in [7, 11) is 2.03. The average Bonchev–Trinajstić information content (AvgIpc) is 3.05. The molecule has 144 valence electrons. The van der Waals surface area contributed by atoms with Crippen LogP contribution in [0, 0.1) is 12.7 Å². The van der Waals surface area contributed by atoms with Crippen LogP contribution in [0.15, 0.2) is 17.8 Å². The van der Waals surface area contributed by atoms with Gasteiger partial charge in [-0.2, -0.15) is 0 Å². The first-order valence-electron chi connectivity index (χ1n) is 9.36. The van der Waals surface area contributed by atoms with E-state index in [9.17, 15) is 8.78 Å². The lowest BCUT2D eigenvalue weighted by Gasteiger charge is -2.43. The minimum atomic E-state index is -0.711. The fraction of sp³-hybridized carbons (Fsp3) is 0.650. The van der Waals surface area contributed by atoms with E-state index in [1.54, 1.807) is 19.2 Å². The number of nitrogens with one attached hydrogen (secondary N) is 1. The maximum atomic E-state index is 14.2. The molecule has 0 saturated heterocycles. The van der Waals surface area contributed by atoms with Crippen LogP contribution in [-0.2, 0) is 0 Å². The molecule has 4 nitrogen and oxygen atoms in total. The van der Waals surface area contributed by atoms with Crippen LogP contribution in [0.3, 0.4) is 0 Å². The van der Waals surface area contributed by atoms with Crippen LogP contribution in [0.1, 0.15) is 58.2 Å². The first kappa shape index (κ1) is 19.2. The summed E-state index contributed by atoms with van der Waals surface area (Å²) in [5, 5.41) is 7.94. The molecule has 2 heterocycles. The van der Waals surface area contributed by atoms with E-state index in [0.717, 1.165) is 23.3 Å². The van der Waals surface area contributed by atoms with Gasteiger partial charge in [-0.05, 0) is 65.5 Å². The van der Waals surface area contributed by atoms with Gasteiger partial charge in [0.05, 0.1) is 11.4 Å². The van der Waals surface area contributed by atoms with E-state index in [-0.39, 0.29) is 23.6 Å². The second kappa shape index (κ2) is 6.89. The number of hydrogen-bond donors (Lipinski definition) is 1. The lowest BCUT2D eigenvalue weighted by Crippen LogP contribution is -2.54. The number of hydrazine groups is 1. The van der Waals surface area contributed by atoms with Gasteiger partial charge in [0, 0.05) is 30.4 Å². The molecule has 0 amide bonds. The number of nitrogens with zero attached hydrogens (tertiary/aromatic N) is 3. The Morgan fingerprint density at radius 2 is 1.92 bits per heavy atom. The highest BCUT2D eigenvalue weighted by atomic mass is 19.1. The molecule has 0 bridgehead atoms. The van der Waals surface area contributed by atoms with E-state index in [1.165, 1.54) is 0 Å². The van der Waals surface area contributed by atoms with E-state index < -0.39 is 6.17 Å². The summed E-state index contributed by atoms with van der Waals surface area (Å²) in [5.41, 5.74) is 3.05. The topological polar surface area (TPSA) is 31.4 Å². The minimum absolute atomic E-state index is 0.0381. The lowest BCUT2D eigenvalue weighted by atomic mass is 10.0.